The number of nitrogens with one attached hydrogen (secondary N) is 1. The lowest BCUT2D eigenvalue weighted by atomic mass is 10.0. The van der Waals surface area contributed by atoms with Crippen LogP contribution in [-0.4, -0.2) is 12.5 Å². The zero-order valence-corrected chi connectivity index (χ0v) is 14.6. The Morgan fingerprint density at radius 3 is 2.52 bits per heavy atom. The lowest BCUT2D eigenvalue weighted by Crippen LogP contribution is -2.31. The summed E-state index contributed by atoms with van der Waals surface area (Å²) in [4.78, 5) is 12.1. The number of carbonyl (C=O) groups is 1. The van der Waals surface area contributed by atoms with Crippen molar-refractivity contribution in [3.63, 3.8) is 0 Å². The highest BCUT2D eigenvalue weighted by Crippen LogP contribution is 2.21. The molecule has 2 rings (SSSR count). The third-order valence-electron chi connectivity index (χ3n) is 4.18. The Bertz CT molecular complexity index is 707. The smallest absolute Gasteiger partial charge is 0.258 e. The van der Waals surface area contributed by atoms with E-state index < -0.39 is 0 Å². The van der Waals surface area contributed by atoms with Gasteiger partial charge < -0.3 is 10.1 Å². The predicted molar refractivity (Wildman–Crippen MR) is 93.9 cm³/mol. The van der Waals surface area contributed by atoms with Gasteiger partial charge in [0.25, 0.3) is 5.91 Å². The molecule has 3 nitrogen and oxygen atoms in total. The van der Waals surface area contributed by atoms with Gasteiger partial charge in [0.1, 0.15) is 5.75 Å². The van der Waals surface area contributed by atoms with Crippen LogP contribution in [-0.2, 0) is 4.79 Å². The van der Waals surface area contributed by atoms with Crippen molar-refractivity contribution in [1.29, 1.82) is 0 Å². The molecule has 23 heavy (non-hydrogen) atoms. The molecule has 0 aliphatic rings. The monoisotopic (exact) mass is 311 g/mol. The van der Waals surface area contributed by atoms with E-state index in [9.17, 15) is 4.79 Å². The summed E-state index contributed by atoms with van der Waals surface area (Å²) in [7, 11) is 0. The normalized spacial score (nSPS) is 11.9. The van der Waals surface area contributed by atoms with Gasteiger partial charge in [0.2, 0.25) is 0 Å². The van der Waals surface area contributed by atoms with Crippen LogP contribution in [0.5, 0.6) is 5.75 Å². The van der Waals surface area contributed by atoms with Gasteiger partial charge in [-0.2, -0.15) is 0 Å². The Morgan fingerprint density at radius 1 is 1.09 bits per heavy atom. The molecule has 0 radical (unpaired) electrons. The molecular weight excluding hydrogens is 286 g/mol. The summed E-state index contributed by atoms with van der Waals surface area (Å²) in [6, 6.07) is 12.1. The van der Waals surface area contributed by atoms with Crippen molar-refractivity contribution in [3.05, 3.63) is 64.2 Å². The van der Waals surface area contributed by atoms with Crippen LogP contribution >= 0.6 is 0 Å². The zero-order chi connectivity index (χ0) is 17.0. The number of hydrogen-bond donors (Lipinski definition) is 1. The fourth-order valence-electron chi connectivity index (χ4n) is 2.70. The molecule has 0 unspecified atom stereocenters. The average molecular weight is 311 g/mol. The first kappa shape index (κ1) is 17.1. The molecule has 1 amide bonds. The molecule has 122 valence electrons. The maximum atomic E-state index is 12.1. The maximum Gasteiger partial charge on any atom is 0.258 e. The van der Waals surface area contributed by atoms with Gasteiger partial charge in [0, 0.05) is 0 Å². The molecule has 0 aliphatic heterocycles. The van der Waals surface area contributed by atoms with Crippen molar-refractivity contribution in [1.82, 2.24) is 5.32 Å². The third kappa shape index (κ3) is 4.35. The molecule has 0 bridgehead atoms. The van der Waals surface area contributed by atoms with Gasteiger partial charge in [-0.1, -0.05) is 35.9 Å². The van der Waals surface area contributed by atoms with Crippen LogP contribution in [0.3, 0.4) is 0 Å². The summed E-state index contributed by atoms with van der Waals surface area (Å²) in [5, 5.41) is 3.00. The van der Waals surface area contributed by atoms with Crippen molar-refractivity contribution in [2.75, 3.05) is 6.61 Å². The Morgan fingerprint density at radius 2 is 1.83 bits per heavy atom. The van der Waals surface area contributed by atoms with Gasteiger partial charge >= 0.3 is 0 Å². The maximum absolute atomic E-state index is 12.1. The summed E-state index contributed by atoms with van der Waals surface area (Å²) >= 11 is 0. The topological polar surface area (TPSA) is 38.3 Å². The van der Waals surface area contributed by atoms with Crippen molar-refractivity contribution >= 4 is 5.91 Å². The fraction of sp³-hybridized carbons (Fsp3) is 0.350. The molecule has 2 aromatic rings. The molecule has 0 heterocycles. The van der Waals surface area contributed by atoms with Crippen LogP contribution in [0, 0.1) is 27.7 Å². The standard InChI is InChI=1S/C20H25NO2/c1-13-9-10-18(15(3)11-13)17(5)21-20(22)12-23-19-8-6-7-14(2)16(19)4/h6-11,17H,12H2,1-5H3,(H,21,22)/t17-/m1/s1. The van der Waals surface area contributed by atoms with Gasteiger partial charge in [-0.05, 0) is 62.9 Å². The zero-order valence-electron chi connectivity index (χ0n) is 14.6. The number of rotatable bonds is 5. The van der Waals surface area contributed by atoms with E-state index in [1.54, 1.807) is 0 Å². The minimum atomic E-state index is -0.113. The van der Waals surface area contributed by atoms with E-state index in [2.05, 4.69) is 37.4 Å². The van der Waals surface area contributed by atoms with Gasteiger partial charge in [-0.15, -0.1) is 0 Å². The van der Waals surface area contributed by atoms with Crippen molar-refractivity contribution in [3.8, 4) is 5.75 Å². The summed E-state index contributed by atoms with van der Waals surface area (Å²) < 4.78 is 5.65. The third-order valence-corrected chi connectivity index (χ3v) is 4.18. The second-order valence-electron chi connectivity index (χ2n) is 6.14. The minimum absolute atomic E-state index is 0.0273. The molecule has 3 heteroatoms. The predicted octanol–water partition coefficient (Wildman–Crippen LogP) is 4.18. The molecule has 0 aromatic heterocycles. The average Bonchev–Trinajstić information content (AvgIpc) is 2.48. The van der Waals surface area contributed by atoms with Crippen molar-refractivity contribution in [2.24, 2.45) is 0 Å². The number of benzene rings is 2. The van der Waals surface area contributed by atoms with Crippen LogP contribution in [0.2, 0.25) is 0 Å². The molecule has 0 saturated heterocycles. The Hall–Kier alpha value is -2.29. The molecule has 1 N–H and O–H groups in total. The largest absolute Gasteiger partial charge is 0.483 e. The molecule has 0 fully saturated rings. The summed E-state index contributed by atoms with van der Waals surface area (Å²) in [5.74, 6) is 0.651. The number of hydrogen-bond acceptors (Lipinski definition) is 2. The lowest BCUT2D eigenvalue weighted by molar-refractivity contribution is -0.123. The van der Waals surface area contributed by atoms with E-state index >= 15 is 0 Å². The number of aryl methyl sites for hydroxylation is 3. The molecule has 1 atom stereocenters. The van der Waals surface area contributed by atoms with E-state index in [-0.39, 0.29) is 18.6 Å². The fourth-order valence-corrected chi connectivity index (χ4v) is 2.70. The quantitative estimate of drug-likeness (QED) is 0.899. The van der Waals surface area contributed by atoms with Gasteiger partial charge in [0.05, 0.1) is 6.04 Å². The van der Waals surface area contributed by atoms with Crippen LogP contribution in [0.25, 0.3) is 0 Å². The molecular formula is C20H25NO2. The van der Waals surface area contributed by atoms with Crippen LogP contribution < -0.4 is 10.1 Å². The SMILES string of the molecule is Cc1ccc([C@@H](C)NC(=O)COc2cccc(C)c2C)c(C)c1. The van der Waals surface area contributed by atoms with Gasteiger partial charge in [-0.25, -0.2) is 0 Å². The first-order chi connectivity index (χ1) is 10.9. The molecule has 0 spiro atoms. The van der Waals surface area contributed by atoms with E-state index in [4.69, 9.17) is 4.74 Å². The highest BCUT2D eigenvalue weighted by molar-refractivity contribution is 5.78. The minimum Gasteiger partial charge on any atom is -0.483 e. The van der Waals surface area contributed by atoms with Crippen molar-refractivity contribution in [2.45, 2.75) is 40.7 Å². The van der Waals surface area contributed by atoms with Crippen LogP contribution in [0.15, 0.2) is 36.4 Å². The highest BCUT2D eigenvalue weighted by atomic mass is 16.5. The first-order valence-corrected chi connectivity index (χ1v) is 7.94. The molecule has 0 aliphatic carbocycles. The van der Waals surface area contributed by atoms with Crippen molar-refractivity contribution < 1.29 is 9.53 Å². The van der Waals surface area contributed by atoms with E-state index in [1.807, 2.05) is 39.0 Å². The summed E-state index contributed by atoms with van der Waals surface area (Å²) in [6.45, 7) is 10.2. The van der Waals surface area contributed by atoms with E-state index in [1.165, 1.54) is 11.1 Å². The van der Waals surface area contributed by atoms with Crippen LogP contribution in [0.4, 0.5) is 0 Å². The van der Waals surface area contributed by atoms with E-state index in [0.29, 0.717) is 0 Å². The van der Waals surface area contributed by atoms with Gasteiger partial charge in [0.15, 0.2) is 6.61 Å². The van der Waals surface area contributed by atoms with Gasteiger partial charge in [-0.3, -0.25) is 4.79 Å². The number of amides is 1. The highest BCUT2D eigenvalue weighted by Gasteiger charge is 2.13. The molecule has 2 aromatic carbocycles. The Labute approximate surface area is 138 Å². The Balaban J connectivity index is 1.95. The second kappa shape index (κ2) is 7.32. The van der Waals surface area contributed by atoms with Crippen LogP contribution in [0.1, 0.15) is 40.8 Å². The summed E-state index contributed by atoms with van der Waals surface area (Å²) in [5.41, 5.74) is 5.78. The number of ether oxygens (including phenoxy) is 1. The molecule has 0 saturated carbocycles. The second-order valence-corrected chi connectivity index (χ2v) is 6.14. The lowest BCUT2D eigenvalue weighted by Gasteiger charge is -2.18. The van der Waals surface area contributed by atoms with E-state index in [0.717, 1.165) is 22.4 Å². The number of carbonyl (C=O) groups excluding carboxylic acids is 1. The summed E-state index contributed by atoms with van der Waals surface area (Å²) in [6.07, 6.45) is 0. The first-order valence-electron chi connectivity index (χ1n) is 7.94. The Kier molecular flexibility index (Phi) is 5.43.